The second-order valence-corrected chi connectivity index (χ2v) is 5.14. The van der Waals surface area contributed by atoms with E-state index < -0.39 is 0 Å². The molecule has 0 aliphatic heterocycles. The van der Waals surface area contributed by atoms with E-state index in [-0.39, 0.29) is 11.9 Å². The fraction of sp³-hybridized carbons (Fsp3) is 0.333. The molecule has 0 bridgehead atoms. The van der Waals surface area contributed by atoms with Crippen molar-refractivity contribution in [1.29, 1.82) is 0 Å². The van der Waals surface area contributed by atoms with Crippen molar-refractivity contribution in [1.82, 2.24) is 0 Å². The summed E-state index contributed by atoms with van der Waals surface area (Å²) in [4.78, 5) is 0. The Morgan fingerprint density at radius 3 is 2.43 bits per heavy atom. The Balaban J connectivity index is 2.02. The molecule has 0 aromatic heterocycles. The van der Waals surface area contributed by atoms with Crippen LogP contribution in [0.3, 0.4) is 0 Å². The number of ether oxygens (including phenoxy) is 1. The summed E-state index contributed by atoms with van der Waals surface area (Å²) in [6, 6.07) is 15.1. The van der Waals surface area contributed by atoms with Crippen LogP contribution < -0.4 is 5.32 Å². The first kappa shape index (κ1) is 15.5. The second kappa shape index (κ2) is 7.79. The molecule has 0 aliphatic rings. The molecule has 0 amide bonds. The largest absolute Gasteiger partial charge is 0.382 e. The van der Waals surface area contributed by atoms with Gasteiger partial charge in [-0.3, -0.25) is 0 Å². The summed E-state index contributed by atoms with van der Waals surface area (Å²) in [7, 11) is 0. The van der Waals surface area contributed by atoms with E-state index >= 15 is 0 Å². The van der Waals surface area contributed by atoms with Crippen LogP contribution in [0.1, 0.15) is 25.0 Å². The van der Waals surface area contributed by atoms with Crippen molar-refractivity contribution in [2.45, 2.75) is 32.9 Å². The van der Waals surface area contributed by atoms with Gasteiger partial charge in [0.1, 0.15) is 5.82 Å². The van der Waals surface area contributed by atoms with Gasteiger partial charge in [-0.1, -0.05) is 36.4 Å². The lowest BCUT2D eigenvalue weighted by atomic mass is 10.1. The number of hydrogen-bond donors (Lipinski definition) is 1. The number of nitrogens with one attached hydrogen (secondary N) is 1. The van der Waals surface area contributed by atoms with E-state index in [0.29, 0.717) is 19.6 Å². The van der Waals surface area contributed by atoms with Crippen LogP contribution in [0.4, 0.5) is 10.1 Å². The highest BCUT2D eigenvalue weighted by Gasteiger charge is 2.09. The van der Waals surface area contributed by atoms with Crippen LogP contribution in [0.5, 0.6) is 0 Å². The molecule has 0 spiro atoms. The van der Waals surface area contributed by atoms with Gasteiger partial charge in [-0.05, 0) is 38.0 Å². The van der Waals surface area contributed by atoms with Crippen LogP contribution in [-0.4, -0.2) is 12.6 Å². The average Bonchev–Trinajstić information content (AvgIpc) is 2.49. The van der Waals surface area contributed by atoms with Crippen LogP contribution in [-0.2, 0) is 17.8 Å². The van der Waals surface area contributed by atoms with Gasteiger partial charge in [0.05, 0.1) is 6.61 Å². The van der Waals surface area contributed by atoms with Crippen molar-refractivity contribution in [3.05, 3.63) is 65.5 Å². The minimum absolute atomic E-state index is 0.143. The molecule has 1 atom stereocenters. The molecule has 2 nitrogen and oxygen atoms in total. The molecule has 0 aliphatic carbocycles. The maximum Gasteiger partial charge on any atom is 0.126 e. The highest BCUT2D eigenvalue weighted by molar-refractivity contribution is 5.51. The molecule has 2 aromatic carbocycles. The molecule has 3 heteroatoms. The van der Waals surface area contributed by atoms with Gasteiger partial charge in [-0.15, -0.1) is 0 Å². The van der Waals surface area contributed by atoms with E-state index in [1.165, 1.54) is 6.07 Å². The van der Waals surface area contributed by atoms with Crippen molar-refractivity contribution in [2.24, 2.45) is 0 Å². The smallest absolute Gasteiger partial charge is 0.126 e. The van der Waals surface area contributed by atoms with Crippen LogP contribution in [0.15, 0.2) is 48.5 Å². The van der Waals surface area contributed by atoms with Crippen LogP contribution in [0, 0.1) is 5.82 Å². The molecule has 1 unspecified atom stereocenters. The second-order valence-electron chi connectivity index (χ2n) is 5.14. The lowest BCUT2D eigenvalue weighted by Crippen LogP contribution is -2.19. The number of para-hydroxylation sites is 1. The van der Waals surface area contributed by atoms with Gasteiger partial charge in [-0.2, -0.15) is 0 Å². The Kier molecular flexibility index (Phi) is 5.76. The fourth-order valence-electron chi connectivity index (χ4n) is 2.31. The summed E-state index contributed by atoms with van der Waals surface area (Å²) in [6.45, 7) is 5.33. The first-order valence-corrected chi connectivity index (χ1v) is 7.36. The number of halogens is 1. The van der Waals surface area contributed by atoms with Gasteiger partial charge < -0.3 is 10.1 Å². The fourth-order valence-corrected chi connectivity index (χ4v) is 2.31. The third-order valence-electron chi connectivity index (χ3n) is 3.36. The van der Waals surface area contributed by atoms with E-state index in [2.05, 4.69) is 12.2 Å². The minimum atomic E-state index is -0.145. The topological polar surface area (TPSA) is 21.3 Å². The molecule has 0 saturated carbocycles. The van der Waals surface area contributed by atoms with Crippen LogP contribution >= 0.6 is 0 Å². The Morgan fingerprint density at radius 2 is 1.71 bits per heavy atom. The molecular weight excluding hydrogens is 265 g/mol. The van der Waals surface area contributed by atoms with Crippen molar-refractivity contribution < 1.29 is 9.13 Å². The summed E-state index contributed by atoms with van der Waals surface area (Å²) in [6.07, 6.45) is 0.648. The SMILES string of the molecule is CCOCc1ccccc1NC(C)Cc1ccccc1F. The Bertz CT molecular complexity index is 571. The monoisotopic (exact) mass is 287 g/mol. The third-order valence-corrected chi connectivity index (χ3v) is 3.36. The maximum atomic E-state index is 13.7. The molecule has 21 heavy (non-hydrogen) atoms. The first-order valence-electron chi connectivity index (χ1n) is 7.36. The van der Waals surface area contributed by atoms with Gasteiger partial charge in [0.15, 0.2) is 0 Å². The quantitative estimate of drug-likeness (QED) is 0.814. The molecular formula is C18H22FNO. The molecule has 0 heterocycles. The van der Waals surface area contributed by atoms with Crippen molar-refractivity contribution in [3.8, 4) is 0 Å². The number of anilines is 1. The normalized spacial score (nSPS) is 12.1. The Labute approximate surface area is 126 Å². The highest BCUT2D eigenvalue weighted by Crippen LogP contribution is 2.19. The van der Waals surface area contributed by atoms with E-state index in [1.807, 2.05) is 43.3 Å². The molecule has 0 radical (unpaired) electrons. The number of hydrogen-bond acceptors (Lipinski definition) is 2. The van der Waals surface area contributed by atoms with Gasteiger partial charge in [0.2, 0.25) is 0 Å². The third kappa shape index (κ3) is 4.57. The van der Waals surface area contributed by atoms with Gasteiger partial charge in [-0.25, -0.2) is 4.39 Å². The van der Waals surface area contributed by atoms with Gasteiger partial charge in [0.25, 0.3) is 0 Å². The summed E-state index contributed by atoms with van der Waals surface area (Å²) in [5.74, 6) is -0.145. The van der Waals surface area contributed by atoms with E-state index in [0.717, 1.165) is 16.8 Å². The van der Waals surface area contributed by atoms with Crippen LogP contribution in [0.2, 0.25) is 0 Å². The number of rotatable bonds is 7. The van der Waals surface area contributed by atoms with Crippen molar-refractivity contribution in [2.75, 3.05) is 11.9 Å². The molecule has 0 saturated heterocycles. The van der Waals surface area contributed by atoms with Gasteiger partial charge in [0, 0.05) is 23.9 Å². The van der Waals surface area contributed by atoms with E-state index in [1.54, 1.807) is 6.07 Å². The maximum absolute atomic E-state index is 13.7. The number of benzene rings is 2. The zero-order valence-corrected chi connectivity index (χ0v) is 12.6. The molecule has 2 rings (SSSR count). The summed E-state index contributed by atoms with van der Waals surface area (Å²) >= 11 is 0. The summed E-state index contributed by atoms with van der Waals surface area (Å²) < 4.78 is 19.2. The van der Waals surface area contributed by atoms with Gasteiger partial charge >= 0.3 is 0 Å². The highest BCUT2D eigenvalue weighted by atomic mass is 19.1. The molecule has 0 fully saturated rings. The van der Waals surface area contributed by atoms with E-state index in [4.69, 9.17) is 4.74 Å². The zero-order chi connectivity index (χ0) is 15.1. The predicted molar refractivity (Wildman–Crippen MR) is 85.0 cm³/mol. The Hall–Kier alpha value is -1.87. The predicted octanol–water partition coefficient (Wildman–Crippen LogP) is 4.41. The summed E-state index contributed by atoms with van der Waals surface area (Å²) in [5.41, 5.74) is 2.91. The lowest BCUT2D eigenvalue weighted by Gasteiger charge is -2.18. The first-order chi connectivity index (χ1) is 10.2. The molecule has 2 aromatic rings. The zero-order valence-electron chi connectivity index (χ0n) is 12.6. The lowest BCUT2D eigenvalue weighted by molar-refractivity contribution is 0.134. The van der Waals surface area contributed by atoms with Crippen molar-refractivity contribution >= 4 is 5.69 Å². The molecule has 112 valence electrons. The minimum Gasteiger partial charge on any atom is -0.382 e. The Morgan fingerprint density at radius 1 is 1.05 bits per heavy atom. The van der Waals surface area contributed by atoms with Crippen molar-refractivity contribution in [3.63, 3.8) is 0 Å². The standard InChI is InChI=1S/C18H22FNO/c1-3-21-13-16-9-5-7-11-18(16)20-14(2)12-15-8-4-6-10-17(15)19/h4-11,14,20H,3,12-13H2,1-2H3. The average molecular weight is 287 g/mol. The summed E-state index contributed by atoms with van der Waals surface area (Å²) in [5, 5.41) is 3.45. The van der Waals surface area contributed by atoms with Crippen LogP contribution in [0.25, 0.3) is 0 Å². The van der Waals surface area contributed by atoms with E-state index in [9.17, 15) is 4.39 Å². The molecule has 1 N–H and O–H groups in total.